The van der Waals surface area contributed by atoms with Gasteiger partial charge >= 0.3 is 0 Å². The highest BCUT2D eigenvalue weighted by atomic mass is 35.5. The van der Waals surface area contributed by atoms with Crippen LogP contribution in [0.5, 0.6) is 5.75 Å². The topological polar surface area (TPSA) is 86.7 Å². The van der Waals surface area contributed by atoms with E-state index in [1.807, 2.05) is 12.1 Å². The predicted molar refractivity (Wildman–Crippen MR) is 114 cm³/mol. The molecule has 0 aromatic heterocycles. The largest absolute Gasteiger partial charge is 0.508 e. The number of phenols is 1. The molecule has 29 heavy (non-hydrogen) atoms. The van der Waals surface area contributed by atoms with Gasteiger partial charge in [0.05, 0.1) is 5.75 Å². The number of halogens is 1. The molecule has 2 aromatic carbocycles. The van der Waals surface area contributed by atoms with Gasteiger partial charge in [-0.1, -0.05) is 23.7 Å². The summed E-state index contributed by atoms with van der Waals surface area (Å²) in [4.78, 5) is 12.2. The molecule has 8 heteroatoms. The molecular weight excluding hydrogens is 412 g/mol. The molecule has 0 radical (unpaired) electrons. The lowest BCUT2D eigenvalue weighted by atomic mass is 9.98. The van der Waals surface area contributed by atoms with Crippen LogP contribution in [0.3, 0.4) is 0 Å². The number of carbonyl (C=O) groups excluding carboxylic acids is 1. The zero-order valence-corrected chi connectivity index (χ0v) is 17.6. The molecule has 2 aromatic rings. The number of hydrogen-bond donors (Lipinski definition) is 2. The molecule has 1 aliphatic heterocycles. The smallest absolute Gasteiger partial charge is 0.251 e. The Labute approximate surface area is 176 Å². The number of phenolic OH excluding ortho intramolecular Hbond substituents is 1. The van der Waals surface area contributed by atoms with Crippen LogP contribution in [-0.4, -0.2) is 49.1 Å². The van der Waals surface area contributed by atoms with Gasteiger partial charge in [0.1, 0.15) is 5.75 Å². The van der Waals surface area contributed by atoms with Crippen molar-refractivity contribution in [2.45, 2.75) is 19.3 Å². The number of nitrogens with zero attached hydrogens (tertiary/aromatic N) is 1. The Morgan fingerprint density at radius 2 is 1.69 bits per heavy atom. The number of hydrogen-bond acceptors (Lipinski definition) is 4. The average Bonchev–Trinajstić information content (AvgIpc) is 2.72. The zero-order chi connectivity index (χ0) is 20.9. The summed E-state index contributed by atoms with van der Waals surface area (Å²) in [6.45, 7) is 1.46. The lowest BCUT2D eigenvalue weighted by molar-refractivity contribution is 0.0941. The Hall–Kier alpha value is -2.09. The van der Waals surface area contributed by atoms with Crippen molar-refractivity contribution in [1.82, 2.24) is 9.62 Å². The van der Waals surface area contributed by atoms with Crippen LogP contribution < -0.4 is 5.32 Å². The van der Waals surface area contributed by atoms with Crippen molar-refractivity contribution in [2.24, 2.45) is 5.92 Å². The van der Waals surface area contributed by atoms with E-state index >= 15 is 0 Å². The predicted octanol–water partition coefficient (Wildman–Crippen LogP) is 3.06. The van der Waals surface area contributed by atoms with Gasteiger partial charge in [-0.05, 0) is 67.1 Å². The number of rotatable bonds is 7. The molecule has 156 valence electrons. The molecule has 0 saturated carbocycles. The first-order valence-electron chi connectivity index (χ1n) is 9.63. The SMILES string of the molecule is O=C(NCC1CCN(S(=O)(=O)CCc2ccc(Cl)cc2)CC1)c1ccc(O)cc1. The molecule has 0 unspecified atom stereocenters. The molecule has 1 aliphatic rings. The molecule has 3 rings (SSSR count). The van der Waals surface area contributed by atoms with Gasteiger partial charge in [-0.2, -0.15) is 0 Å². The minimum atomic E-state index is -3.30. The van der Waals surface area contributed by atoms with Crippen LogP contribution in [-0.2, 0) is 16.4 Å². The lowest BCUT2D eigenvalue weighted by Gasteiger charge is -2.31. The Morgan fingerprint density at radius 3 is 2.31 bits per heavy atom. The second-order valence-corrected chi connectivity index (χ2v) is 9.82. The average molecular weight is 437 g/mol. The Bertz CT molecular complexity index is 922. The van der Waals surface area contributed by atoms with Crippen LogP contribution in [0.4, 0.5) is 0 Å². The number of piperidine rings is 1. The maximum absolute atomic E-state index is 12.6. The Morgan fingerprint density at radius 1 is 1.07 bits per heavy atom. The second kappa shape index (κ2) is 9.61. The van der Waals surface area contributed by atoms with Gasteiger partial charge in [-0.15, -0.1) is 0 Å². The summed E-state index contributed by atoms with van der Waals surface area (Å²) in [5.74, 6) is 0.254. The second-order valence-electron chi connectivity index (χ2n) is 7.29. The fraction of sp³-hybridized carbons (Fsp3) is 0.381. The molecule has 0 aliphatic carbocycles. The van der Waals surface area contributed by atoms with E-state index in [-0.39, 0.29) is 23.3 Å². The number of aromatic hydroxyl groups is 1. The third kappa shape index (κ3) is 6.19. The van der Waals surface area contributed by atoms with E-state index in [4.69, 9.17) is 11.6 Å². The summed E-state index contributed by atoms with van der Waals surface area (Å²) in [5, 5.41) is 12.8. The first-order chi connectivity index (χ1) is 13.8. The first kappa shape index (κ1) is 21.6. The van der Waals surface area contributed by atoms with Crippen molar-refractivity contribution < 1.29 is 18.3 Å². The highest BCUT2D eigenvalue weighted by Crippen LogP contribution is 2.20. The van der Waals surface area contributed by atoms with E-state index in [0.717, 1.165) is 18.4 Å². The summed E-state index contributed by atoms with van der Waals surface area (Å²) in [6, 6.07) is 13.3. The monoisotopic (exact) mass is 436 g/mol. The van der Waals surface area contributed by atoms with Crippen molar-refractivity contribution in [3.8, 4) is 5.75 Å². The van der Waals surface area contributed by atoms with Gasteiger partial charge in [-0.25, -0.2) is 12.7 Å². The summed E-state index contributed by atoms with van der Waals surface area (Å²) < 4.78 is 26.8. The number of carbonyl (C=O) groups is 1. The van der Waals surface area contributed by atoms with E-state index in [2.05, 4.69) is 5.32 Å². The van der Waals surface area contributed by atoms with Gasteiger partial charge in [0.15, 0.2) is 0 Å². The standard InChI is InChI=1S/C21H25ClN2O4S/c22-19-5-1-16(2-6-19)11-14-29(27,28)24-12-9-17(10-13-24)15-23-21(26)18-3-7-20(25)8-4-18/h1-8,17,25H,9-15H2,(H,23,26). The fourth-order valence-corrected chi connectivity index (χ4v) is 5.02. The number of amides is 1. The molecule has 0 spiro atoms. The summed E-state index contributed by atoms with van der Waals surface area (Å²) in [6.07, 6.45) is 1.90. The van der Waals surface area contributed by atoms with Gasteiger partial charge in [0.25, 0.3) is 5.91 Å². The van der Waals surface area contributed by atoms with Gasteiger partial charge < -0.3 is 10.4 Å². The Balaban J connectivity index is 1.43. The van der Waals surface area contributed by atoms with E-state index in [0.29, 0.717) is 36.6 Å². The first-order valence-corrected chi connectivity index (χ1v) is 11.6. The number of sulfonamides is 1. The van der Waals surface area contributed by atoms with Crippen LogP contribution in [0.25, 0.3) is 0 Å². The van der Waals surface area contributed by atoms with Crippen molar-refractivity contribution in [3.05, 3.63) is 64.7 Å². The van der Waals surface area contributed by atoms with Crippen molar-refractivity contribution in [3.63, 3.8) is 0 Å². The molecule has 0 bridgehead atoms. The quantitative estimate of drug-likeness (QED) is 0.698. The van der Waals surface area contributed by atoms with Crippen molar-refractivity contribution in [1.29, 1.82) is 0 Å². The normalized spacial score (nSPS) is 15.9. The lowest BCUT2D eigenvalue weighted by Crippen LogP contribution is -2.42. The van der Waals surface area contributed by atoms with Crippen LogP contribution >= 0.6 is 11.6 Å². The number of benzene rings is 2. The fourth-order valence-electron chi connectivity index (χ4n) is 3.37. The molecular formula is C21H25ClN2O4S. The molecule has 1 saturated heterocycles. The zero-order valence-electron chi connectivity index (χ0n) is 16.1. The van der Waals surface area contributed by atoms with E-state index in [1.165, 1.54) is 12.1 Å². The van der Waals surface area contributed by atoms with Crippen LogP contribution in [0, 0.1) is 5.92 Å². The van der Waals surface area contributed by atoms with Crippen molar-refractivity contribution in [2.75, 3.05) is 25.4 Å². The molecule has 2 N–H and O–H groups in total. The Kier molecular flexibility index (Phi) is 7.16. The maximum Gasteiger partial charge on any atom is 0.251 e. The third-order valence-corrected chi connectivity index (χ3v) is 7.33. The maximum atomic E-state index is 12.6. The number of aryl methyl sites for hydroxylation is 1. The summed E-state index contributed by atoms with van der Waals surface area (Å²) in [5.41, 5.74) is 1.44. The summed E-state index contributed by atoms with van der Waals surface area (Å²) >= 11 is 5.86. The van der Waals surface area contributed by atoms with Gasteiger partial charge in [0, 0.05) is 30.2 Å². The minimum Gasteiger partial charge on any atom is -0.508 e. The third-order valence-electron chi connectivity index (χ3n) is 5.21. The van der Waals surface area contributed by atoms with Gasteiger partial charge in [0.2, 0.25) is 10.0 Å². The van der Waals surface area contributed by atoms with Crippen LogP contribution in [0.15, 0.2) is 48.5 Å². The number of nitrogens with one attached hydrogen (secondary N) is 1. The highest BCUT2D eigenvalue weighted by molar-refractivity contribution is 7.89. The molecule has 0 atom stereocenters. The molecule has 1 amide bonds. The van der Waals surface area contributed by atoms with Crippen molar-refractivity contribution >= 4 is 27.5 Å². The minimum absolute atomic E-state index is 0.0802. The van der Waals surface area contributed by atoms with E-state index in [9.17, 15) is 18.3 Å². The van der Waals surface area contributed by atoms with Crippen LogP contribution in [0.1, 0.15) is 28.8 Å². The molecule has 1 heterocycles. The van der Waals surface area contributed by atoms with Gasteiger partial charge in [-0.3, -0.25) is 4.79 Å². The molecule has 6 nitrogen and oxygen atoms in total. The summed E-state index contributed by atoms with van der Waals surface area (Å²) in [7, 11) is -3.30. The van der Waals surface area contributed by atoms with E-state index in [1.54, 1.807) is 28.6 Å². The van der Waals surface area contributed by atoms with E-state index < -0.39 is 10.0 Å². The molecule has 1 fully saturated rings. The highest BCUT2D eigenvalue weighted by Gasteiger charge is 2.28. The van der Waals surface area contributed by atoms with Crippen LogP contribution in [0.2, 0.25) is 5.02 Å².